The summed E-state index contributed by atoms with van der Waals surface area (Å²) in [7, 11) is -2.99. The molecule has 198 valence electrons. The maximum absolute atomic E-state index is 12.9. The Morgan fingerprint density at radius 1 is 1.13 bits per heavy atom. The van der Waals surface area contributed by atoms with Crippen LogP contribution in [-0.4, -0.2) is 73.9 Å². The Morgan fingerprint density at radius 2 is 1.97 bits per heavy atom. The van der Waals surface area contributed by atoms with Gasteiger partial charge in [0.25, 0.3) is 11.8 Å². The third-order valence-electron chi connectivity index (χ3n) is 5.80. The Kier molecular flexibility index (Phi) is 8.28. The fraction of sp³-hybridized carbons (Fsp3) is 0.240. The molecule has 1 aliphatic heterocycles. The number of anilines is 1. The van der Waals surface area contributed by atoms with Crippen molar-refractivity contribution in [3.8, 4) is 0 Å². The van der Waals surface area contributed by atoms with E-state index in [-0.39, 0.29) is 22.9 Å². The zero-order chi connectivity index (χ0) is 27.1. The number of benzene rings is 1. The molecule has 0 saturated carbocycles. The van der Waals surface area contributed by atoms with Gasteiger partial charge in [-0.2, -0.15) is 4.72 Å². The Labute approximate surface area is 219 Å². The molecule has 0 aliphatic carbocycles. The number of sulfonamides is 1. The Balaban J connectivity index is 1.37. The molecule has 38 heavy (non-hydrogen) atoms. The first kappa shape index (κ1) is 26.7. The number of pyridine rings is 2. The lowest BCUT2D eigenvalue weighted by Crippen LogP contribution is -2.48. The van der Waals surface area contributed by atoms with Crippen LogP contribution in [0, 0.1) is 0 Å². The normalized spacial score (nSPS) is 13.5. The lowest BCUT2D eigenvalue weighted by molar-refractivity contribution is -0.142. The van der Waals surface area contributed by atoms with Crippen LogP contribution in [0.25, 0.3) is 0 Å². The van der Waals surface area contributed by atoms with Gasteiger partial charge in [0.1, 0.15) is 16.8 Å². The summed E-state index contributed by atoms with van der Waals surface area (Å²) in [5, 5.41) is 5.69. The maximum atomic E-state index is 12.9. The highest BCUT2D eigenvalue weighted by Gasteiger charge is 2.29. The third-order valence-corrected chi connectivity index (χ3v) is 7.26. The molecular weight excluding hydrogens is 512 g/mol. The predicted molar refractivity (Wildman–Crippen MR) is 137 cm³/mol. The van der Waals surface area contributed by atoms with Crippen molar-refractivity contribution in [3.63, 3.8) is 0 Å². The van der Waals surface area contributed by atoms with Gasteiger partial charge in [-0.25, -0.2) is 13.4 Å². The van der Waals surface area contributed by atoms with Gasteiger partial charge in [0.05, 0.1) is 7.11 Å². The minimum atomic E-state index is -4.10. The van der Waals surface area contributed by atoms with Gasteiger partial charge < -0.3 is 20.3 Å². The molecule has 2 amide bonds. The molecule has 1 atom stereocenters. The second kappa shape index (κ2) is 11.8. The number of methoxy groups -OCH3 is 1. The van der Waals surface area contributed by atoms with E-state index < -0.39 is 27.9 Å². The van der Waals surface area contributed by atoms with Crippen LogP contribution in [0.4, 0.5) is 5.82 Å². The smallest absolute Gasteiger partial charge is 0.325 e. The molecule has 0 saturated heterocycles. The highest BCUT2D eigenvalue weighted by atomic mass is 32.2. The highest BCUT2D eigenvalue weighted by molar-refractivity contribution is 7.89. The number of rotatable bonds is 11. The van der Waals surface area contributed by atoms with Gasteiger partial charge in [-0.1, -0.05) is 12.1 Å². The van der Waals surface area contributed by atoms with Crippen LogP contribution in [0.3, 0.4) is 0 Å². The van der Waals surface area contributed by atoms with Crippen LogP contribution in [-0.2, 0) is 26.1 Å². The predicted octanol–water partition coefficient (Wildman–Crippen LogP) is 0.794. The molecule has 0 unspecified atom stereocenters. The molecule has 1 aliphatic rings. The number of carbonyl (C=O) groups is 3. The van der Waals surface area contributed by atoms with E-state index in [0.717, 1.165) is 18.9 Å². The number of fused-ring (bicyclic) bond motifs is 1. The number of hydrogen-bond donors (Lipinski definition) is 3. The summed E-state index contributed by atoms with van der Waals surface area (Å²) < 4.78 is 32.1. The average Bonchev–Trinajstić information content (AvgIpc) is 3.25. The van der Waals surface area contributed by atoms with Gasteiger partial charge in [-0.3, -0.25) is 19.4 Å². The summed E-state index contributed by atoms with van der Waals surface area (Å²) in [5.74, 6) is -0.945. The standard InChI is InChI=1S/C25H26N6O6S/c1-37-25(34)21(30-38(35,36)19-5-4-9-26-14-19)15-29-23(32)17-7-8-18-16-31(24(33)20(18)13-17)12-11-28-22-6-2-3-10-27-22/h2-10,13-14,21,30H,11-12,15-16H2,1H3,(H,27,28)(H,29,32)/t21-/m0/s1. The van der Waals surface area contributed by atoms with Crippen LogP contribution < -0.4 is 15.4 Å². The first-order valence-electron chi connectivity index (χ1n) is 11.6. The highest BCUT2D eigenvalue weighted by Crippen LogP contribution is 2.24. The molecule has 1 aromatic carbocycles. The van der Waals surface area contributed by atoms with E-state index in [4.69, 9.17) is 0 Å². The zero-order valence-electron chi connectivity index (χ0n) is 20.5. The van der Waals surface area contributed by atoms with Crippen molar-refractivity contribution in [2.75, 3.05) is 32.1 Å². The van der Waals surface area contributed by atoms with E-state index in [1.807, 2.05) is 18.2 Å². The fourth-order valence-electron chi connectivity index (χ4n) is 3.84. The Bertz CT molecular complexity index is 1420. The first-order chi connectivity index (χ1) is 18.3. The van der Waals surface area contributed by atoms with Gasteiger partial charge in [-0.05, 0) is 42.0 Å². The molecule has 0 spiro atoms. The van der Waals surface area contributed by atoms with Gasteiger partial charge in [0.2, 0.25) is 10.0 Å². The van der Waals surface area contributed by atoms with Crippen LogP contribution >= 0.6 is 0 Å². The van der Waals surface area contributed by atoms with Crippen molar-refractivity contribution in [2.45, 2.75) is 17.5 Å². The number of nitrogens with zero attached hydrogens (tertiary/aromatic N) is 3. The lowest BCUT2D eigenvalue weighted by atomic mass is 10.1. The van der Waals surface area contributed by atoms with Crippen molar-refractivity contribution >= 4 is 33.6 Å². The minimum Gasteiger partial charge on any atom is -0.468 e. The monoisotopic (exact) mass is 538 g/mol. The topological polar surface area (TPSA) is 160 Å². The average molecular weight is 539 g/mol. The Morgan fingerprint density at radius 3 is 2.68 bits per heavy atom. The van der Waals surface area contributed by atoms with Gasteiger partial charge in [-0.15, -0.1) is 0 Å². The quantitative estimate of drug-likeness (QED) is 0.300. The molecule has 3 aromatic rings. The molecular formula is C25H26N6O6S. The third kappa shape index (κ3) is 6.30. The van der Waals surface area contributed by atoms with E-state index >= 15 is 0 Å². The molecule has 2 aromatic heterocycles. The number of amides is 2. The Hall–Kier alpha value is -4.36. The van der Waals surface area contributed by atoms with Gasteiger partial charge in [0.15, 0.2) is 0 Å². The van der Waals surface area contributed by atoms with E-state index in [0.29, 0.717) is 31.0 Å². The molecule has 4 rings (SSSR count). The lowest BCUT2D eigenvalue weighted by Gasteiger charge is -2.17. The molecule has 0 fully saturated rings. The largest absolute Gasteiger partial charge is 0.468 e. The van der Waals surface area contributed by atoms with E-state index in [2.05, 4.69) is 30.1 Å². The summed E-state index contributed by atoms with van der Waals surface area (Å²) in [6, 6.07) is 11.7. The number of esters is 1. The van der Waals surface area contributed by atoms with E-state index in [1.165, 1.54) is 24.4 Å². The van der Waals surface area contributed by atoms with Gasteiger partial charge >= 0.3 is 5.97 Å². The summed E-state index contributed by atoms with van der Waals surface area (Å²) in [6.07, 6.45) is 4.22. The maximum Gasteiger partial charge on any atom is 0.325 e. The first-order valence-corrected chi connectivity index (χ1v) is 13.1. The molecule has 0 bridgehead atoms. The number of ether oxygens (including phenoxy) is 1. The van der Waals surface area contributed by atoms with E-state index in [1.54, 1.807) is 23.2 Å². The molecule has 0 radical (unpaired) electrons. The number of aromatic nitrogens is 2. The van der Waals surface area contributed by atoms with Crippen LogP contribution in [0.5, 0.6) is 0 Å². The van der Waals surface area contributed by atoms with Crippen molar-refractivity contribution in [3.05, 3.63) is 83.8 Å². The summed E-state index contributed by atoms with van der Waals surface area (Å²) in [6.45, 7) is 0.999. The molecule has 3 heterocycles. The van der Waals surface area contributed by atoms with Crippen molar-refractivity contribution in [1.29, 1.82) is 0 Å². The second-order valence-electron chi connectivity index (χ2n) is 8.34. The van der Waals surface area contributed by atoms with E-state index in [9.17, 15) is 22.8 Å². The van der Waals surface area contributed by atoms with Crippen LogP contribution in [0.2, 0.25) is 0 Å². The number of nitrogens with one attached hydrogen (secondary N) is 3. The molecule has 13 heteroatoms. The van der Waals surface area contributed by atoms with Crippen LogP contribution in [0.15, 0.2) is 72.0 Å². The van der Waals surface area contributed by atoms with Crippen molar-refractivity contribution < 1.29 is 27.5 Å². The van der Waals surface area contributed by atoms with Crippen LogP contribution in [0.1, 0.15) is 26.3 Å². The van der Waals surface area contributed by atoms with Crippen molar-refractivity contribution in [2.24, 2.45) is 0 Å². The minimum absolute atomic E-state index is 0.142. The zero-order valence-corrected chi connectivity index (χ0v) is 21.3. The number of carbonyl (C=O) groups excluding carboxylic acids is 3. The molecule has 12 nitrogen and oxygen atoms in total. The van der Waals surface area contributed by atoms with Crippen molar-refractivity contribution in [1.82, 2.24) is 24.9 Å². The summed E-state index contributed by atoms with van der Waals surface area (Å²) in [5.41, 5.74) is 1.41. The second-order valence-corrected chi connectivity index (χ2v) is 10.1. The van der Waals surface area contributed by atoms with Gasteiger partial charge in [0, 0.05) is 55.9 Å². The fourth-order valence-corrected chi connectivity index (χ4v) is 4.99. The summed E-state index contributed by atoms with van der Waals surface area (Å²) >= 11 is 0. The number of hydrogen-bond acceptors (Lipinski definition) is 9. The molecule has 3 N–H and O–H groups in total. The SMILES string of the molecule is COC(=O)[C@H](CNC(=O)c1ccc2c(c1)C(=O)N(CCNc1ccccn1)C2)NS(=O)(=O)c1cccnc1. The summed E-state index contributed by atoms with van der Waals surface area (Å²) in [4.78, 5) is 47.4.